The molecule has 11 heteroatoms. The summed E-state index contributed by atoms with van der Waals surface area (Å²) in [6.07, 6.45) is 22.9. The van der Waals surface area contributed by atoms with Crippen molar-refractivity contribution < 1.29 is 41.8 Å². The normalized spacial score (nSPS) is 27.6. The van der Waals surface area contributed by atoms with Gasteiger partial charge in [0.15, 0.2) is 0 Å². The van der Waals surface area contributed by atoms with Crippen LogP contribution in [0, 0.1) is 29.3 Å². The SMILES string of the molecule is C=Cc1cc(F)cc2c1C(=O)C(=O)C2CC1CC2=C(S1)C1=CC3C=C4OC5(CCCCC5)c5cc(/C=C6\C(=O)C(=O)c7c(F)cc(F)cc76)sc5C4=CC3C=C1OC21CCCCC1. The third-order valence-electron chi connectivity index (χ3n) is 14.9. The van der Waals surface area contributed by atoms with Gasteiger partial charge in [-0.3, -0.25) is 19.2 Å². The van der Waals surface area contributed by atoms with E-state index in [1.165, 1.54) is 40.0 Å². The fourth-order valence-corrected chi connectivity index (χ4v) is 14.8. The predicted molar refractivity (Wildman–Crippen MR) is 236 cm³/mol. The maximum Gasteiger partial charge on any atom is 0.237 e. The van der Waals surface area contributed by atoms with E-state index in [4.69, 9.17) is 9.47 Å². The van der Waals surface area contributed by atoms with Crippen molar-refractivity contribution >= 4 is 69.5 Å². The number of thioether (sulfide) groups is 1. The van der Waals surface area contributed by atoms with Gasteiger partial charge in [-0.25, -0.2) is 13.2 Å². The Bertz CT molecular complexity index is 2890. The molecule has 4 heterocycles. The van der Waals surface area contributed by atoms with Crippen molar-refractivity contribution in [2.45, 2.75) is 99.4 Å². The Labute approximate surface area is 370 Å². The van der Waals surface area contributed by atoms with Gasteiger partial charge in [-0.2, -0.15) is 0 Å². The number of rotatable bonds is 4. The predicted octanol–water partition coefficient (Wildman–Crippen LogP) is 12.1. The van der Waals surface area contributed by atoms with Crippen molar-refractivity contribution in [2.24, 2.45) is 11.8 Å². The molecule has 2 aromatic carbocycles. The Morgan fingerprint density at radius 1 is 0.730 bits per heavy atom. The van der Waals surface area contributed by atoms with Gasteiger partial charge < -0.3 is 9.47 Å². The second kappa shape index (κ2) is 14.1. The van der Waals surface area contributed by atoms with E-state index >= 15 is 0 Å². The summed E-state index contributed by atoms with van der Waals surface area (Å²) in [5.41, 5.74) is 3.97. The second-order valence-corrected chi connectivity index (χ2v) is 20.9. The minimum Gasteiger partial charge on any atom is -0.483 e. The van der Waals surface area contributed by atoms with Crippen molar-refractivity contribution in [1.29, 1.82) is 0 Å². The number of halogens is 3. The lowest BCUT2D eigenvalue weighted by atomic mass is 9.71. The van der Waals surface area contributed by atoms with E-state index in [2.05, 4.69) is 30.9 Å². The number of carbonyl (C=O) groups is 4. The molecule has 6 nitrogen and oxygen atoms in total. The first-order valence-electron chi connectivity index (χ1n) is 22.1. The molecule has 0 radical (unpaired) electrons. The molecule has 0 bridgehead atoms. The Hall–Kier alpha value is -5.26. The molecule has 6 aliphatic carbocycles. The summed E-state index contributed by atoms with van der Waals surface area (Å²) in [5.74, 6) is -4.37. The van der Waals surface area contributed by atoms with Gasteiger partial charge in [0, 0.05) is 71.2 Å². The molecule has 0 N–H and O–H groups in total. The number of allylic oxidation sites excluding steroid dienone is 7. The number of ether oxygens (including phenoxy) is 2. The van der Waals surface area contributed by atoms with Gasteiger partial charge in [-0.05, 0) is 123 Å². The van der Waals surface area contributed by atoms with Crippen molar-refractivity contribution in [3.05, 3.63) is 149 Å². The fourth-order valence-electron chi connectivity index (χ4n) is 12.0. The van der Waals surface area contributed by atoms with Crippen LogP contribution in [0.3, 0.4) is 0 Å². The number of fused-ring (bicyclic) bond motifs is 10. The number of benzene rings is 2. The zero-order chi connectivity index (χ0) is 43.1. The highest BCUT2D eigenvalue weighted by Crippen LogP contribution is 2.61. The largest absolute Gasteiger partial charge is 0.483 e. The summed E-state index contributed by atoms with van der Waals surface area (Å²) >= 11 is 3.27. The second-order valence-electron chi connectivity index (χ2n) is 18.5. The Morgan fingerprint density at radius 2 is 1.40 bits per heavy atom. The van der Waals surface area contributed by atoms with Crippen LogP contribution in [0.4, 0.5) is 13.2 Å². The maximum absolute atomic E-state index is 14.8. The molecule has 1 aromatic heterocycles. The molecule has 12 rings (SSSR count). The van der Waals surface area contributed by atoms with Crippen LogP contribution in [0.1, 0.15) is 136 Å². The monoisotopic (exact) mass is 882 g/mol. The minimum absolute atomic E-state index is 0.00634. The molecule has 3 aliphatic heterocycles. The molecule has 63 heavy (non-hydrogen) atoms. The number of hydrogen-bond acceptors (Lipinski definition) is 8. The van der Waals surface area contributed by atoms with Crippen LogP contribution in [0.2, 0.25) is 0 Å². The molecule has 4 unspecified atom stereocenters. The zero-order valence-corrected chi connectivity index (χ0v) is 35.9. The van der Waals surface area contributed by atoms with Crippen LogP contribution in [0.5, 0.6) is 0 Å². The van der Waals surface area contributed by atoms with Gasteiger partial charge in [-0.15, -0.1) is 23.1 Å². The highest BCUT2D eigenvalue weighted by molar-refractivity contribution is 8.04. The van der Waals surface area contributed by atoms with E-state index in [0.717, 1.165) is 110 Å². The molecule has 4 atom stereocenters. The van der Waals surface area contributed by atoms with Crippen molar-refractivity contribution in [1.82, 2.24) is 0 Å². The maximum atomic E-state index is 14.8. The molecule has 2 fully saturated rings. The molecule has 9 aliphatic rings. The first-order chi connectivity index (χ1) is 30.4. The van der Waals surface area contributed by atoms with E-state index in [1.54, 1.807) is 17.8 Å². The average molecular weight is 883 g/mol. The quantitative estimate of drug-likeness (QED) is 0.190. The summed E-state index contributed by atoms with van der Waals surface area (Å²) in [7, 11) is 0. The smallest absolute Gasteiger partial charge is 0.237 e. The van der Waals surface area contributed by atoms with Gasteiger partial charge in [0.05, 0.1) is 11.5 Å². The molecule has 0 saturated heterocycles. The topological polar surface area (TPSA) is 86.7 Å². The van der Waals surface area contributed by atoms with Crippen LogP contribution >= 0.6 is 23.1 Å². The van der Waals surface area contributed by atoms with Crippen molar-refractivity contribution in [3.8, 4) is 0 Å². The highest BCUT2D eigenvalue weighted by atomic mass is 32.2. The lowest BCUT2D eigenvalue weighted by Crippen LogP contribution is -2.41. The summed E-state index contributed by atoms with van der Waals surface area (Å²) in [6.45, 7) is 3.77. The minimum atomic E-state index is -1.04. The fraction of sp³-hybridized carbons (Fsp3) is 0.346. The number of hydrogen-bond donors (Lipinski definition) is 0. The molecule has 3 aromatic rings. The third-order valence-corrected chi connectivity index (χ3v) is 17.4. The van der Waals surface area contributed by atoms with E-state index in [9.17, 15) is 32.3 Å². The first-order valence-corrected chi connectivity index (χ1v) is 23.8. The average Bonchev–Trinajstić information content (AvgIpc) is 4.02. The lowest BCUT2D eigenvalue weighted by molar-refractivity contribution is -0.116. The molecule has 318 valence electrons. The van der Waals surface area contributed by atoms with Crippen molar-refractivity contribution in [2.75, 3.05) is 0 Å². The van der Waals surface area contributed by atoms with E-state index in [0.29, 0.717) is 28.5 Å². The van der Waals surface area contributed by atoms with Crippen LogP contribution in [0.25, 0.3) is 23.3 Å². The van der Waals surface area contributed by atoms with Crippen LogP contribution in [0.15, 0.2) is 88.8 Å². The van der Waals surface area contributed by atoms with E-state index in [1.807, 2.05) is 6.07 Å². The van der Waals surface area contributed by atoms with E-state index in [-0.39, 0.29) is 39.3 Å². The zero-order valence-electron chi connectivity index (χ0n) is 34.3. The van der Waals surface area contributed by atoms with Gasteiger partial charge >= 0.3 is 0 Å². The Morgan fingerprint density at radius 3 is 2.13 bits per heavy atom. The number of carbonyl (C=O) groups excluding carboxylic acids is 4. The highest BCUT2D eigenvalue weighted by Gasteiger charge is 2.52. The van der Waals surface area contributed by atoms with Crippen molar-refractivity contribution in [3.63, 3.8) is 0 Å². The Kier molecular flexibility index (Phi) is 8.82. The van der Waals surface area contributed by atoms with Gasteiger partial charge in [0.1, 0.15) is 40.2 Å². The van der Waals surface area contributed by atoms with E-state index < -0.39 is 57.7 Å². The first kappa shape index (κ1) is 39.3. The standard InChI is InChI=1S/C52H41F3O6S2/c1-2-25-13-28(53)18-32-34(45(56)47(58)43(25)32)21-30-23-38-49(62-30)36-14-26-17-42-37(15-27(26)16-41(36)60-51(38)9-5-3-6-10-51)50-39(52(61-42)11-7-4-8-12-52)24-31(63-50)22-35-33-19-29(54)20-40(55)44(33)48(59)46(35)57/h2,13-20,22,24,26-27,30,34H,1,3-12,21,23H2/b35-22-. The van der Waals surface area contributed by atoms with Crippen LogP contribution in [-0.4, -0.2) is 34.0 Å². The summed E-state index contributed by atoms with van der Waals surface area (Å²) in [5, 5.41) is -0.00634. The molecular weight excluding hydrogens is 842 g/mol. The van der Waals surface area contributed by atoms with Crippen LogP contribution < -0.4 is 0 Å². The number of Topliss-reactive ketones (excluding diaryl/α,β-unsaturated/α-hetero) is 4. The Balaban J connectivity index is 0.905. The molecule has 2 spiro atoms. The molecule has 2 saturated carbocycles. The van der Waals surface area contributed by atoms with Gasteiger partial charge in [0.2, 0.25) is 23.1 Å². The lowest BCUT2D eigenvalue weighted by Gasteiger charge is -2.46. The molecular formula is C52H41F3O6S2. The van der Waals surface area contributed by atoms with Gasteiger partial charge in [-0.1, -0.05) is 37.6 Å². The summed E-state index contributed by atoms with van der Waals surface area (Å²) in [6, 6.07) is 6.34. The van der Waals surface area contributed by atoms with Gasteiger partial charge in [0.25, 0.3) is 0 Å². The summed E-state index contributed by atoms with van der Waals surface area (Å²) in [4.78, 5) is 55.9. The summed E-state index contributed by atoms with van der Waals surface area (Å²) < 4.78 is 58.4. The number of ketones is 4. The third kappa shape index (κ3) is 5.83. The number of thiophene rings is 1. The molecule has 0 amide bonds. The van der Waals surface area contributed by atoms with Crippen LogP contribution in [-0.2, 0) is 24.7 Å².